The summed E-state index contributed by atoms with van der Waals surface area (Å²) in [6.45, 7) is 1.85. The Morgan fingerprint density at radius 3 is 2.14 bits per heavy atom. The van der Waals surface area contributed by atoms with E-state index in [0.717, 1.165) is 25.9 Å². The van der Waals surface area contributed by atoms with Crippen molar-refractivity contribution in [1.82, 2.24) is 9.80 Å². The Morgan fingerprint density at radius 1 is 1.14 bits per heavy atom. The van der Waals surface area contributed by atoms with Crippen LogP contribution in [0.4, 0.5) is 0 Å². The van der Waals surface area contributed by atoms with E-state index in [1.165, 1.54) is 4.90 Å². The van der Waals surface area contributed by atoms with Gasteiger partial charge in [-0.05, 0) is 33.0 Å². The van der Waals surface area contributed by atoms with E-state index in [-0.39, 0.29) is 17.2 Å². The number of piperidine rings is 1. The van der Waals surface area contributed by atoms with Gasteiger partial charge in [-0.1, -0.05) is 0 Å². The fraction of sp³-hybridized carbons (Fsp3) is 0.800. The number of amides is 2. The summed E-state index contributed by atoms with van der Waals surface area (Å²) in [6.07, 6.45) is 2.09. The van der Waals surface area contributed by atoms with E-state index in [9.17, 15) is 9.59 Å². The molecular weight excluding hydrogens is 180 g/mol. The Kier molecular flexibility index (Phi) is 2.10. The van der Waals surface area contributed by atoms with Gasteiger partial charge >= 0.3 is 0 Å². The third kappa shape index (κ3) is 1.25. The predicted octanol–water partition coefficient (Wildman–Crippen LogP) is 0.0871. The summed E-state index contributed by atoms with van der Waals surface area (Å²) in [5.41, 5.74) is -0.349. The molecule has 0 aliphatic carbocycles. The quantitative estimate of drug-likeness (QED) is 0.515. The van der Waals surface area contributed by atoms with Crippen LogP contribution in [0.5, 0.6) is 0 Å². The molecule has 1 spiro atoms. The summed E-state index contributed by atoms with van der Waals surface area (Å²) in [6, 6.07) is 0. The third-order valence-electron chi connectivity index (χ3n) is 3.57. The molecule has 0 radical (unpaired) electrons. The molecule has 4 nitrogen and oxygen atoms in total. The molecule has 4 heteroatoms. The number of carbonyl (C=O) groups excluding carboxylic acids is 2. The van der Waals surface area contributed by atoms with Crippen LogP contribution >= 0.6 is 0 Å². The molecule has 14 heavy (non-hydrogen) atoms. The molecule has 0 bridgehead atoms. The molecule has 2 fully saturated rings. The van der Waals surface area contributed by atoms with Gasteiger partial charge in [-0.3, -0.25) is 14.5 Å². The van der Waals surface area contributed by atoms with E-state index in [1.807, 2.05) is 0 Å². The first-order valence-corrected chi connectivity index (χ1v) is 5.05. The number of imide groups is 1. The first-order chi connectivity index (χ1) is 6.55. The van der Waals surface area contributed by atoms with Crippen molar-refractivity contribution in [2.45, 2.75) is 19.3 Å². The zero-order valence-corrected chi connectivity index (χ0v) is 8.75. The number of carbonyl (C=O) groups is 2. The minimum atomic E-state index is -0.349. The summed E-state index contributed by atoms with van der Waals surface area (Å²) in [7, 11) is 3.65. The highest BCUT2D eigenvalue weighted by Gasteiger charge is 2.50. The van der Waals surface area contributed by atoms with E-state index in [4.69, 9.17) is 0 Å². The molecule has 0 saturated carbocycles. The van der Waals surface area contributed by atoms with Gasteiger partial charge in [0.1, 0.15) is 0 Å². The van der Waals surface area contributed by atoms with Crippen LogP contribution in [0, 0.1) is 5.41 Å². The van der Waals surface area contributed by atoms with Gasteiger partial charge in [0.2, 0.25) is 11.8 Å². The molecule has 0 atom stereocenters. The van der Waals surface area contributed by atoms with Crippen LogP contribution in [-0.2, 0) is 9.59 Å². The van der Waals surface area contributed by atoms with Crippen molar-refractivity contribution in [3.05, 3.63) is 0 Å². The molecule has 0 N–H and O–H groups in total. The van der Waals surface area contributed by atoms with Crippen molar-refractivity contribution in [2.75, 3.05) is 27.2 Å². The first-order valence-electron chi connectivity index (χ1n) is 5.05. The maximum absolute atomic E-state index is 11.9. The van der Waals surface area contributed by atoms with Crippen molar-refractivity contribution in [2.24, 2.45) is 5.41 Å². The molecule has 78 valence electrons. The summed E-state index contributed by atoms with van der Waals surface area (Å²) >= 11 is 0. The molecule has 2 rings (SSSR count). The Bertz CT molecular complexity index is 280. The maximum atomic E-state index is 11.9. The van der Waals surface area contributed by atoms with Crippen molar-refractivity contribution in [1.29, 1.82) is 0 Å². The Balaban J connectivity index is 2.18. The average Bonchev–Trinajstić information content (AvgIpc) is 2.37. The standard InChI is InChI=1S/C10H16N2O2/c1-11-5-3-10(4-6-11)7-8(13)12(2)9(10)14/h3-7H2,1-2H3. The minimum Gasteiger partial charge on any atom is -0.306 e. The Hall–Kier alpha value is -0.900. The van der Waals surface area contributed by atoms with Gasteiger partial charge in [0, 0.05) is 13.5 Å². The Morgan fingerprint density at radius 2 is 1.71 bits per heavy atom. The lowest BCUT2D eigenvalue weighted by atomic mass is 9.77. The van der Waals surface area contributed by atoms with Gasteiger partial charge in [0.15, 0.2) is 0 Å². The number of hydrogen-bond donors (Lipinski definition) is 0. The van der Waals surface area contributed by atoms with Crippen LogP contribution in [0.3, 0.4) is 0 Å². The monoisotopic (exact) mass is 196 g/mol. The highest BCUT2D eigenvalue weighted by Crippen LogP contribution is 2.41. The summed E-state index contributed by atoms with van der Waals surface area (Å²) in [4.78, 5) is 26.8. The zero-order chi connectivity index (χ0) is 10.3. The smallest absolute Gasteiger partial charge is 0.235 e. The topological polar surface area (TPSA) is 40.6 Å². The average molecular weight is 196 g/mol. The molecule has 2 saturated heterocycles. The fourth-order valence-corrected chi connectivity index (χ4v) is 2.39. The molecule has 0 aromatic heterocycles. The van der Waals surface area contributed by atoms with Crippen molar-refractivity contribution in [3.8, 4) is 0 Å². The molecule has 0 aromatic carbocycles. The van der Waals surface area contributed by atoms with Crippen molar-refractivity contribution in [3.63, 3.8) is 0 Å². The minimum absolute atomic E-state index is 0.0143. The highest BCUT2D eigenvalue weighted by atomic mass is 16.2. The highest BCUT2D eigenvalue weighted by molar-refractivity contribution is 6.05. The molecule has 2 heterocycles. The molecule has 0 unspecified atom stereocenters. The number of likely N-dealkylation sites (tertiary alicyclic amines) is 2. The second-order valence-electron chi connectivity index (χ2n) is 4.52. The lowest BCUT2D eigenvalue weighted by Crippen LogP contribution is -2.42. The maximum Gasteiger partial charge on any atom is 0.235 e. The first kappa shape index (κ1) is 9.65. The molecule has 2 aliphatic heterocycles. The summed E-state index contributed by atoms with van der Waals surface area (Å²) in [5, 5.41) is 0. The predicted molar refractivity (Wildman–Crippen MR) is 51.6 cm³/mol. The van der Waals surface area contributed by atoms with E-state index >= 15 is 0 Å². The van der Waals surface area contributed by atoms with Gasteiger partial charge in [0.05, 0.1) is 5.41 Å². The fourth-order valence-electron chi connectivity index (χ4n) is 2.39. The summed E-state index contributed by atoms with van der Waals surface area (Å²) < 4.78 is 0. The second-order valence-corrected chi connectivity index (χ2v) is 4.52. The van der Waals surface area contributed by atoms with E-state index < -0.39 is 0 Å². The molecule has 0 aromatic rings. The van der Waals surface area contributed by atoms with E-state index in [2.05, 4.69) is 11.9 Å². The largest absolute Gasteiger partial charge is 0.306 e. The van der Waals surface area contributed by atoms with Gasteiger partial charge in [0.25, 0.3) is 0 Å². The Labute approximate surface area is 83.9 Å². The van der Waals surface area contributed by atoms with Crippen LogP contribution in [0.15, 0.2) is 0 Å². The van der Waals surface area contributed by atoms with E-state index in [1.54, 1.807) is 7.05 Å². The zero-order valence-electron chi connectivity index (χ0n) is 8.75. The molecular formula is C10H16N2O2. The second kappa shape index (κ2) is 3.05. The summed E-state index contributed by atoms with van der Waals surface area (Å²) in [5.74, 6) is 0.0233. The van der Waals surface area contributed by atoms with Gasteiger partial charge < -0.3 is 4.90 Å². The van der Waals surface area contributed by atoms with Crippen LogP contribution in [0.25, 0.3) is 0 Å². The number of hydrogen-bond acceptors (Lipinski definition) is 3. The number of rotatable bonds is 0. The molecule has 2 amide bonds. The van der Waals surface area contributed by atoms with Crippen molar-refractivity contribution >= 4 is 11.8 Å². The molecule has 2 aliphatic rings. The van der Waals surface area contributed by atoms with Gasteiger partial charge in [-0.25, -0.2) is 0 Å². The lowest BCUT2D eigenvalue weighted by Gasteiger charge is -2.35. The van der Waals surface area contributed by atoms with Crippen LogP contribution in [0.2, 0.25) is 0 Å². The van der Waals surface area contributed by atoms with Gasteiger partial charge in [-0.15, -0.1) is 0 Å². The normalized spacial score (nSPS) is 27.7. The van der Waals surface area contributed by atoms with Crippen LogP contribution < -0.4 is 0 Å². The van der Waals surface area contributed by atoms with Gasteiger partial charge in [-0.2, -0.15) is 0 Å². The van der Waals surface area contributed by atoms with Crippen molar-refractivity contribution < 1.29 is 9.59 Å². The van der Waals surface area contributed by atoms with Crippen LogP contribution in [0.1, 0.15) is 19.3 Å². The lowest BCUT2D eigenvalue weighted by molar-refractivity contribution is -0.140. The van der Waals surface area contributed by atoms with Crippen LogP contribution in [-0.4, -0.2) is 48.8 Å². The number of nitrogens with zero attached hydrogens (tertiary/aromatic N) is 2. The third-order valence-corrected chi connectivity index (χ3v) is 3.57. The van der Waals surface area contributed by atoms with E-state index in [0.29, 0.717) is 6.42 Å². The SMILES string of the molecule is CN1CCC2(CC1)CC(=O)N(C)C2=O.